The molecule has 2 saturated heterocycles. The Hall–Kier alpha value is -3.26. The van der Waals surface area contributed by atoms with Crippen molar-refractivity contribution in [2.24, 2.45) is 35.5 Å². The molecule has 3 fully saturated rings. The molecule has 0 aromatic carbocycles. The molecule has 16 atom stereocenters. The van der Waals surface area contributed by atoms with Crippen LogP contribution in [0, 0.1) is 35.5 Å². The maximum Gasteiger partial charge on any atom is 0.329 e. The monoisotopic (exact) mass is 1080 g/mol. The summed E-state index contributed by atoms with van der Waals surface area (Å²) >= 11 is 0. The molecule has 1 aliphatic carbocycles. The maximum absolute atomic E-state index is 14.6. The van der Waals surface area contributed by atoms with Crippen LogP contribution in [0.5, 0.6) is 0 Å². The second-order valence-electron chi connectivity index (χ2n) is 21.6. The van der Waals surface area contributed by atoms with E-state index in [1.807, 2.05) is 51.2 Å². The predicted molar refractivity (Wildman–Crippen MR) is 281 cm³/mol. The number of hydrogen-bond acceptors (Lipinski definition) is 17. The summed E-state index contributed by atoms with van der Waals surface area (Å²) in [5.41, 5.74) is 1.22. The number of amides is 1. The average molecular weight is 1080 g/mol. The summed E-state index contributed by atoms with van der Waals surface area (Å²) in [6.07, 6.45) is 10.3. The quantitative estimate of drug-likeness (QED) is 0.0519. The van der Waals surface area contributed by atoms with E-state index in [0.29, 0.717) is 69.8 Å². The summed E-state index contributed by atoms with van der Waals surface area (Å²) in [5.74, 6) is -8.47. The lowest BCUT2D eigenvalue weighted by molar-refractivity contribution is -0.265. The van der Waals surface area contributed by atoms with Gasteiger partial charge >= 0.3 is 13.6 Å². The van der Waals surface area contributed by atoms with E-state index >= 15 is 0 Å². The molecule has 426 valence electrons. The number of piperidine rings is 1. The number of rotatable bonds is 14. The zero-order valence-corrected chi connectivity index (χ0v) is 47.4. The van der Waals surface area contributed by atoms with Crippen molar-refractivity contribution in [3.63, 3.8) is 0 Å². The van der Waals surface area contributed by atoms with Crippen LogP contribution in [0.2, 0.25) is 0 Å². The highest BCUT2D eigenvalue weighted by atomic mass is 31.2. The largest absolute Gasteiger partial charge is 0.460 e. The summed E-state index contributed by atoms with van der Waals surface area (Å²) < 4.78 is 59.8. The lowest BCUT2D eigenvalue weighted by Crippen LogP contribution is -2.61. The van der Waals surface area contributed by atoms with Gasteiger partial charge in [-0.2, -0.15) is 0 Å². The first-order valence-corrected chi connectivity index (χ1v) is 29.1. The second kappa shape index (κ2) is 30.8. The van der Waals surface area contributed by atoms with Crippen LogP contribution in [0.25, 0.3) is 0 Å². The maximum atomic E-state index is 14.6. The number of nitrogens with zero attached hydrogens (tertiary/aromatic N) is 1. The van der Waals surface area contributed by atoms with Crippen LogP contribution in [-0.2, 0) is 66.0 Å². The fraction of sp³-hybridized carbons (Fsp3) is 0.768. The number of carbonyl (C=O) groups is 5. The van der Waals surface area contributed by atoms with Crippen LogP contribution in [0.15, 0.2) is 47.6 Å². The summed E-state index contributed by atoms with van der Waals surface area (Å²) in [7, 11) is 0.977. The molecule has 2 bridgehead atoms. The van der Waals surface area contributed by atoms with Crippen LogP contribution in [0.4, 0.5) is 0 Å². The van der Waals surface area contributed by atoms with Crippen LogP contribution in [0.3, 0.4) is 0 Å². The van der Waals surface area contributed by atoms with Gasteiger partial charge in [-0.05, 0) is 107 Å². The molecule has 3 unspecified atom stereocenters. The SMILES string of the molecule is CO[C@H]1C[C@@H]2CC[C@@H](C)C(O)(O2)C(=O)C(=O)N2CCCCC2C(=O)O[C@H]([C@H](C)C[C@@H]2CC[C@@H](OP(C)(=O)OCCOCCO)[C@H](OC)C2)CC(=O)[C@H](C)/C=C(\C)[C@@H](O)[C@@H](OC)C(=O)[C@H](C)C[C@H](C)/C=C/C=C/C=C/1C. The highest BCUT2D eigenvalue weighted by Gasteiger charge is 2.53. The van der Waals surface area contributed by atoms with E-state index in [1.54, 1.807) is 48.0 Å². The zero-order chi connectivity index (χ0) is 55.6. The number of methoxy groups -OCH3 is 3. The third-order valence-corrected chi connectivity index (χ3v) is 16.9. The minimum absolute atomic E-state index is 0.000234. The molecule has 1 amide bonds. The van der Waals surface area contributed by atoms with Gasteiger partial charge in [-0.1, -0.05) is 71.1 Å². The summed E-state index contributed by atoms with van der Waals surface area (Å²) in [6, 6.07) is -1.19. The first-order chi connectivity index (χ1) is 35.5. The summed E-state index contributed by atoms with van der Waals surface area (Å²) in [5, 5.41) is 32.5. The Morgan fingerprint density at radius 2 is 1.59 bits per heavy atom. The van der Waals surface area contributed by atoms with Gasteiger partial charge in [0.05, 0.1) is 50.8 Å². The molecule has 75 heavy (non-hydrogen) atoms. The van der Waals surface area contributed by atoms with E-state index in [2.05, 4.69) is 0 Å². The molecule has 4 rings (SSSR count). The van der Waals surface area contributed by atoms with Crippen molar-refractivity contribution in [3.8, 4) is 0 Å². The molecule has 1 saturated carbocycles. The minimum atomic E-state index is -3.51. The van der Waals surface area contributed by atoms with Gasteiger partial charge in [-0.3, -0.25) is 23.7 Å². The van der Waals surface area contributed by atoms with E-state index in [9.17, 15) is 38.8 Å². The number of esters is 1. The van der Waals surface area contributed by atoms with Gasteiger partial charge in [0.25, 0.3) is 11.7 Å². The van der Waals surface area contributed by atoms with Gasteiger partial charge in [0, 0.05) is 65.1 Å². The minimum Gasteiger partial charge on any atom is -0.460 e. The molecular weight excluding hydrogens is 990 g/mol. The first-order valence-electron chi connectivity index (χ1n) is 27.1. The molecule has 3 heterocycles. The number of ether oxygens (including phenoxy) is 6. The normalized spacial score (nSPS) is 37.5. The van der Waals surface area contributed by atoms with E-state index in [1.165, 1.54) is 18.7 Å². The smallest absolute Gasteiger partial charge is 0.329 e. The number of carbonyl (C=O) groups excluding carboxylic acids is 5. The molecule has 3 N–H and O–H groups in total. The van der Waals surface area contributed by atoms with Gasteiger partial charge in [-0.25, -0.2) is 4.79 Å². The number of fused-ring (bicyclic) bond motifs is 3. The van der Waals surface area contributed by atoms with Gasteiger partial charge in [-0.15, -0.1) is 0 Å². The molecule has 0 radical (unpaired) electrons. The molecule has 18 nitrogen and oxygen atoms in total. The molecule has 0 aromatic rings. The molecular formula is C56H90NO17P. The zero-order valence-electron chi connectivity index (χ0n) is 46.5. The number of aliphatic hydroxyl groups excluding tert-OH is 2. The third-order valence-electron chi connectivity index (χ3n) is 15.6. The lowest BCUT2D eigenvalue weighted by Gasteiger charge is -2.42. The van der Waals surface area contributed by atoms with Crippen molar-refractivity contribution in [2.45, 2.75) is 180 Å². The Labute approximate surface area is 445 Å². The van der Waals surface area contributed by atoms with Gasteiger partial charge in [0.15, 0.2) is 5.78 Å². The topological polar surface area (TPSA) is 240 Å². The number of aliphatic hydroxyl groups is 3. The van der Waals surface area contributed by atoms with Crippen molar-refractivity contribution >= 4 is 36.8 Å². The van der Waals surface area contributed by atoms with E-state index in [-0.39, 0.29) is 69.2 Å². The van der Waals surface area contributed by atoms with Crippen molar-refractivity contribution in [1.82, 2.24) is 4.90 Å². The van der Waals surface area contributed by atoms with Crippen molar-refractivity contribution in [3.05, 3.63) is 47.6 Å². The van der Waals surface area contributed by atoms with Crippen LogP contribution < -0.4 is 0 Å². The third kappa shape index (κ3) is 18.7. The summed E-state index contributed by atoms with van der Waals surface area (Å²) in [4.78, 5) is 72.6. The molecule has 0 aromatic heterocycles. The van der Waals surface area contributed by atoms with Crippen LogP contribution in [0.1, 0.15) is 126 Å². The van der Waals surface area contributed by atoms with Crippen LogP contribution >= 0.6 is 7.60 Å². The van der Waals surface area contributed by atoms with E-state index in [4.69, 9.17) is 42.6 Å². The average Bonchev–Trinajstić information content (AvgIpc) is 3.37. The number of ketones is 3. The highest BCUT2D eigenvalue weighted by molar-refractivity contribution is 7.53. The Morgan fingerprint density at radius 1 is 0.853 bits per heavy atom. The number of cyclic esters (lactones) is 1. The van der Waals surface area contributed by atoms with Crippen molar-refractivity contribution in [1.29, 1.82) is 0 Å². The summed E-state index contributed by atoms with van der Waals surface area (Å²) in [6.45, 7) is 14.1. The molecule has 19 heteroatoms. The van der Waals surface area contributed by atoms with Crippen molar-refractivity contribution in [2.75, 3.05) is 61.0 Å². The van der Waals surface area contributed by atoms with Crippen LogP contribution in [-0.4, -0.2) is 165 Å². The van der Waals surface area contributed by atoms with Gasteiger partial charge in [0.1, 0.15) is 30.1 Å². The number of hydrogen-bond donors (Lipinski definition) is 3. The van der Waals surface area contributed by atoms with E-state index < -0.39 is 103 Å². The number of Topliss-reactive ketones (excluding diaryl/α,β-unsaturated/α-hetero) is 3. The first kappa shape index (κ1) is 64.3. The Balaban J connectivity index is 1.66. The predicted octanol–water partition coefficient (Wildman–Crippen LogP) is 7.05. The standard InChI is InChI=1S/C56H90NO17P/c1-35-17-13-12-14-18-36(2)47(67-8)33-43-22-20-41(7)56(65,73-43)53(62)54(63)57-24-16-15-19-44(57)55(64)72-48(34-45(59)37(3)30-40(6)51(61)52(69-10)50(60)39(5)29-35)38(4)31-42-21-23-46(49(32-42)68-9)74-75(11,66)71-28-27-70-26-25-58/h12-14,17-18,30,35,37-39,41-44,46-49,51-52,58,61,65H,15-16,19-29,31-34H2,1-11H3/b14-12+,17-13+,36-18+,40-30+/t35-,37-,38-,39-,41-,42+,43+,44?,46-,47+,48+,49-,51-,52+,56?,75?/m1/s1. The highest BCUT2D eigenvalue weighted by Crippen LogP contribution is 2.48. The Kier molecular flexibility index (Phi) is 26.4. The fourth-order valence-electron chi connectivity index (χ4n) is 10.9. The Morgan fingerprint density at radius 3 is 2.27 bits per heavy atom. The fourth-order valence-corrected chi connectivity index (χ4v) is 12.1. The van der Waals surface area contributed by atoms with E-state index in [0.717, 1.165) is 5.57 Å². The number of allylic oxidation sites excluding steroid dienone is 6. The van der Waals surface area contributed by atoms with Crippen molar-refractivity contribution < 1.29 is 81.3 Å². The molecule has 3 aliphatic heterocycles. The second-order valence-corrected chi connectivity index (χ2v) is 23.6. The van der Waals surface area contributed by atoms with Gasteiger partial charge < -0.3 is 57.7 Å². The van der Waals surface area contributed by atoms with Gasteiger partial charge in [0.2, 0.25) is 5.79 Å². The lowest BCUT2D eigenvalue weighted by atomic mass is 9.78. The Bertz CT molecular complexity index is 2060. The molecule has 0 spiro atoms. The molecule has 4 aliphatic rings.